The lowest BCUT2D eigenvalue weighted by molar-refractivity contribution is -0.139. The first-order chi connectivity index (χ1) is 15.8. The Morgan fingerprint density at radius 3 is 2.55 bits per heavy atom. The summed E-state index contributed by atoms with van der Waals surface area (Å²) in [5, 5.41) is 11.4. The van der Waals surface area contributed by atoms with E-state index in [0.29, 0.717) is 12.5 Å². The topological polar surface area (TPSA) is 117 Å². The highest BCUT2D eigenvalue weighted by Gasteiger charge is 2.34. The lowest BCUT2D eigenvalue weighted by atomic mass is 9.94. The number of nitrogens with zero attached hydrogens (tertiary/aromatic N) is 4. The van der Waals surface area contributed by atoms with Crippen LogP contribution in [-0.2, 0) is 27.9 Å². The smallest absolute Gasteiger partial charge is 0.329 e. The summed E-state index contributed by atoms with van der Waals surface area (Å²) in [7, 11) is 1.75. The van der Waals surface area contributed by atoms with Crippen molar-refractivity contribution in [2.45, 2.75) is 50.6 Å². The summed E-state index contributed by atoms with van der Waals surface area (Å²) in [5.41, 5.74) is 3.59. The zero-order valence-electron chi connectivity index (χ0n) is 18.7. The Morgan fingerprint density at radius 1 is 1.09 bits per heavy atom. The number of rotatable bonds is 4. The molecule has 0 radical (unpaired) electrons. The van der Waals surface area contributed by atoms with E-state index in [9.17, 15) is 19.2 Å². The summed E-state index contributed by atoms with van der Waals surface area (Å²) in [5.74, 6) is -1.51. The van der Waals surface area contributed by atoms with Gasteiger partial charge in [0.25, 0.3) is 0 Å². The van der Waals surface area contributed by atoms with Gasteiger partial charge < -0.3 is 10.0 Å². The molecule has 1 aromatic carbocycles. The van der Waals surface area contributed by atoms with Gasteiger partial charge in [0.1, 0.15) is 6.04 Å². The number of aryl methyl sites for hydroxylation is 2. The number of aliphatic carboxylic acids is 1. The Bertz CT molecular complexity index is 1190. The molecule has 0 spiro atoms. The fraction of sp³-hybridized carbons (Fsp3) is 0.565. The van der Waals surface area contributed by atoms with Gasteiger partial charge >= 0.3 is 11.7 Å². The number of likely N-dealkylation sites (tertiary alicyclic amines) is 1. The number of hydrogen-bond acceptors (Lipinski definition) is 6. The zero-order valence-corrected chi connectivity index (χ0v) is 18.7. The minimum Gasteiger partial charge on any atom is -0.480 e. The molecule has 2 saturated heterocycles. The summed E-state index contributed by atoms with van der Waals surface area (Å²) < 4.78 is 3.18. The van der Waals surface area contributed by atoms with Crippen LogP contribution >= 0.6 is 0 Å². The lowest BCUT2D eigenvalue weighted by Crippen LogP contribution is -2.47. The van der Waals surface area contributed by atoms with E-state index >= 15 is 0 Å². The van der Waals surface area contributed by atoms with Crippen LogP contribution in [0.15, 0.2) is 16.9 Å². The Hall–Kier alpha value is -3.14. The Kier molecular flexibility index (Phi) is 5.48. The number of imide groups is 1. The number of piperidine rings is 2. The highest BCUT2D eigenvalue weighted by atomic mass is 16.4. The lowest BCUT2D eigenvalue weighted by Gasteiger charge is -2.42. The first-order valence-electron chi connectivity index (χ1n) is 11.6. The number of aromatic nitrogens is 2. The standard InChI is InChI=1S/C23H29N5O5/c1-25-21-15-3-2-10-27(14-8-11-26(12-9-14)13-20(30)31)16(15)4-5-17(21)28(23(25)33)18-6-7-19(29)24-22(18)32/h4-5,14,18H,2-3,6-13H2,1H3,(H,30,31)(H,24,29,32). The Labute approximate surface area is 190 Å². The molecule has 176 valence electrons. The van der Waals surface area contributed by atoms with Crippen LogP contribution in [0.3, 0.4) is 0 Å². The molecule has 1 atom stereocenters. The van der Waals surface area contributed by atoms with Gasteiger partial charge in [0.15, 0.2) is 0 Å². The zero-order chi connectivity index (χ0) is 23.3. The van der Waals surface area contributed by atoms with E-state index in [1.807, 2.05) is 11.0 Å². The molecule has 2 fully saturated rings. The summed E-state index contributed by atoms with van der Waals surface area (Å²) in [6.07, 6.45) is 4.18. The third-order valence-electron chi connectivity index (χ3n) is 7.34. The third kappa shape index (κ3) is 3.72. The number of carboxylic acid groups (broad SMARTS) is 1. The van der Waals surface area contributed by atoms with Crippen molar-refractivity contribution in [3.8, 4) is 0 Å². The number of anilines is 1. The van der Waals surface area contributed by atoms with Crippen LogP contribution in [0.5, 0.6) is 0 Å². The second-order valence-electron chi connectivity index (χ2n) is 9.31. The van der Waals surface area contributed by atoms with Crippen LogP contribution in [0, 0.1) is 0 Å². The predicted molar refractivity (Wildman–Crippen MR) is 121 cm³/mol. The van der Waals surface area contributed by atoms with Gasteiger partial charge in [-0.05, 0) is 44.2 Å². The van der Waals surface area contributed by atoms with Crippen molar-refractivity contribution < 1.29 is 19.5 Å². The van der Waals surface area contributed by atoms with Crippen molar-refractivity contribution in [2.24, 2.45) is 7.05 Å². The van der Waals surface area contributed by atoms with E-state index < -0.39 is 17.9 Å². The van der Waals surface area contributed by atoms with E-state index in [2.05, 4.69) is 16.3 Å². The van der Waals surface area contributed by atoms with Crippen molar-refractivity contribution in [1.29, 1.82) is 0 Å². The minimum absolute atomic E-state index is 0.0832. The molecule has 0 saturated carbocycles. The van der Waals surface area contributed by atoms with Gasteiger partial charge in [0.2, 0.25) is 11.8 Å². The van der Waals surface area contributed by atoms with Crippen molar-refractivity contribution >= 4 is 34.5 Å². The molecule has 2 amide bonds. The van der Waals surface area contributed by atoms with Crippen molar-refractivity contribution in [3.63, 3.8) is 0 Å². The van der Waals surface area contributed by atoms with Gasteiger partial charge in [-0.3, -0.25) is 33.7 Å². The van der Waals surface area contributed by atoms with E-state index in [1.54, 1.807) is 16.2 Å². The van der Waals surface area contributed by atoms with Crippen LogP contribution < -0.4 is 15.9 Å². The highest BCUT2D eigenvalue weighted by molar-refractivity contribution is 6.00. The van der Waals surface area contributed by atoms with E-state index in [1.165, 1.54) is 0 Å². The molecule has 3 aliphatic heterocycles. The van der Waals surface area contributed by atoms with Crippen LogP contribution in [0.25, 0.3) is 11.0 Å². The average Bonchev–Trinajstić information content (AvgIpc) is 3.04. The molecular formula is C23H29N5O5. The summed E-state index contributed by atoms with van der Waals surface area (Å²) in [6.45, 7) is 2.54. The number of benzene rings is 1. The molecule has 2 aromatic rings. The maximum atomic E-state index is 13.2. The van der Waals surface area contributed by atoms with Gasteiger partial charge in [-0.15, -0.1) is 0 Å². The number of carbonyl (C=O) groups excluding carboxylic acids is 2. The molecule has 4 heterocycles. The normalized spacial score (nSPS) is 22.5. The van der Waals surface area contributed by atoms with E-state index in [4.69, 9.17) is 5.11 Å². The predicted octanol–water partition coefficient (Wildman–Crippen LogP) is 0.619. The fourth-order valence-corrected chi connectivity index (χ4v) is 5.79. The van der Waals surface area contributed by atoms with Crippen molar-refractivity contribution in [1.82, 2.24) is 19.4 Å². The molecule has 1 unspecified atom stereocenters. The number of hydrogen-bond donors (Lipinski definition) is 2. The molecule has 0 aliphatic carbocycles. The van der Waals surface area contributed by atoms with Crippen LogP contribution in [-0.4, -0.2) is 69.1 Å². The largest absolute Gasteiger partial charge is 0.480 e. The van der Waals surface area contributed by atoms with Gasteiger partial charge in [0.05, 0.1) is 17.6 Å². The second kappa shape index (κ2) is 8.33. The monoisotopic (exact) mass is 455 g/mol. The molecule has 0 bridgehead atoms. The van der Waals surface area contributed by atoms with Gasteiger partial charge in [-0.1, -0.05) is 0 Å². The van der Waals surface area contributed by atoms with Gasteiger partial charge in [-0.2, -0.15) is 0 Å². The average molecular weight is 456 g/mol. The first-order valence-corrected chi connectivity index (χ1v) is 11.6. The van der Waals surface area contributed by atoms with E-state index in [-0.39, 0.29) is 24.6 Å². The molecule has 5 rings (SSSR count). The first kappa shape index (κ1) is 21.7. The SMILES string of the molecule is Cn1c(=O)n(C2CCC(=O)NC2=O)c2ccc3c(c21)CCCN3C1CCN(CC(=O)O)CC1. The summed E-state index contributed by atoms with van der Waals surface area (Å²) in [4.78, 5) is 52.7. The maximum absolute atomic E-state index is 13.2. The molecule has 33 heavy (non-hydrogen) atoms. The maximum Gasteiger partial charge on any atom is 0.329 e. The summed E-state index contributed by atoms with van der Waals surface area (Å²) >= 11 is 0. The number of nitrogens with one attached hydrogen (secondary N) is 1. The van der Waals surface area contributed by atoms with Crippen LogP contribution in [0.2, 0.25) is 0 Å². The van der Waals surface area contributed by atoms with E-state index in [0.717, 1.165) is 67.6 Å². The molecule has 10 heteroatoms. The number of carboxylic acids is 1. The quantitative estimate of drug-likeness (QED) is 0.649. The Morgan fingerprint density at radius 2 is 1.85 bits per heavy atom. The number of carbonyl (C=O) groups is 3. The van der Waals surface area contributed by atoms with Crippen molar-refractivity contribution in [3.05, 3.63) is 28.2 Å². The molecular weight excluding hydrogens is 426 g/mol. The van der Waals surface area contributed by atoms with Crippen molar-refractivity contribution in [2.75, 3.05) is 31.1 Å². The van der Waals surface area contributed by atoms with Crippen LogP contribution in [0.4, 0.5) is 5.69 Å². The second-order valence-corrected chi connectivity index (χ2v) is 9.31. The highest BCUT2D eigenvalue weighted by Crippen LogP contribution is 2.37. The molecule has 1 aromatic heterocycles. The molecule has 10 nitrogen and oxygen atoms in total. The third-order valence-corrected chi connectivity index (χ3v) is 7.34. The minimum atomic E-state index is -0.791. The number of fused-ring (bicyclic) bond motifs is 3. The Balaban J connectivity index is 1.49. The molecule has 2 N–H and O–H groups in total. The van der Waals surface area contributed by atoms with Gasteiger partial charge in [0, 0.05) is 50.4 Å². The van der Waals surface area contributed by atoms with Crippen LogP contribution in [0.1, 0.15) is 43.7 Å². The number of amides is 2. The number of imidazole rings is 1. The van der Waals surface area contributed by atoms with Gasteiger partial charge in [-0.25, -0.2) is 4.79 Å². The molecule has 3 aliphatic rings. The fourth-order valence-electron chi connectivity index (χ4n) is 5.79. The summed E-state index contributed by atoms with van der Waals surface area (Å²) in [6, 6.07) is 3.63.